The molecule has 13 heteroatoms. The summed E-state index contributed by atoms with van der Waals surface area (Å²) in [6, 6.07) is 0. The molecule has 0 aromatic rings. The smallest absolute Gasteiger partial charge is 0.407 e. The second-order valence-corrected chi connectivity index (χ2v) is 7.20. The third-order valence-electron chi connectivity index (χ3n) is 3.50. The highest BCUT2D eigenvalue weighted by Crippen LogP contribution is 2.21. The maximum Gasteiger partial charge on any atom is 0.407 e. The second kappa shape index (κ2) is 10.9. The first kappa shape index (κ1) is 23.0. The van der Waals surface area contributed by atoms with Gasteiger partial charge in [-0.3, -0.25) is 4.55 Å². The van der Waals surface area contributed by atoms with Crippen molar-refractivity contribution < 1.29 is 52.4 Å². The van der Waals surface area contributed by atoms with Gasteiger partial charge in [0.15, 0.2) is 6.29 Å². The number of carbonyl (C=O) groups excluding carboxylic acids is 1. The predicted molar refractivity (Wildman–Crippen MR) is 84.7 cm³/mol. The fourth-order valence-corrected chi connectivity index (χ4v) is 2.63. The molecule has 0 aliphatic carbocycles. The Labute approximate surface area is 150 Å². The van der Waals surface area contributed by atoms with Gasteiger partial charge in [-0.15, -0.1) is 0 Å². The summed E-state index contributed by atoms with van der Waals surface area (Å²) in [4.78, 5) is 11.3. The molecule has 1 saturated heterocycles. The molecule has 5 atom stereocenters. The summed E-state index contributed by atoms with van der Waals surface area (Å²) < 4.78 is 44.6. The van der Waals surface area contributed by atoms with Crippen LogP contribution >= 0.6 is 0 Å². The lowest BCUT2D eigenvalue weighted by Crippen LogP contribution is -2.59. The highest BCUT2D eigenvalue weighted by molar-refractivity contribution is 7.85. The van der Waals surface area contributed by atoms with Crippen molar-refractivity contribution in [2.75, 3.05) is 32.1 Å². The molecule has 12 nitrogen and oxygen atoms in total. The lowest BCUT2D eigenvalue weighted by molar-refractivity contribution is -0.301. The van der Waals surface area contributed by atoms with Crippen LogP contribution in [-0.2, 0) is 24.3 Å². The van der Waals surface area contributed by atoms with Crippen molar-refractivity contribution in [3.05, 3.63) is 0 Å². The molecule has 0 saturated carbocycles. The van der Waals surface area contributed by atoms with Gasteiger partial charge in [0.05, 0.1) is 25.6 Å². The van der Waals surface area contributed by atoms with Gasteiger partial charge in [0.2, 0.25) is 0 Å². The molecular formula is C13H25NO11S. The fraction of sp³-hybridized carbons (Fsp3) is 0.923. The molecule has 0 radical (unpaired) electrons. The van der Waals surface area contributed by atoms with Crippen molar-refractivity contribution in [1.29, 1.82) is 0 Å². The quantitative estimate of drug-likeness (QED) is 0.163. The van der Waals surface area contributed by atoms with Crippen molar-refractivity contribution in [1.82, 2.24) is 5.32 Å². The van der Waals surface area contributed by atoms with E-state index in [1.807, 2.05) is 0 Å². The molecule has 0 aromatic carbocycles. The molecule has 1 aliphatic heterocycles. The zero-order chi connectivity index (χ0) is 19.7. The number of amides is 1. The third-order valence-corrected chi connectivity index (χ3v) is 4.31. The van der Waals surface area contributed by atoms with Crippen LogP contribution in [0.15, 0.2) is 0 Å². The van der Waals surface area contributed by atoms with Crippen molar-refractivity contribution in [3.8, 4) is 0 Å². The van der Waals surface area contributed by atoms with E-state index in [1.54, 1.807) is 0 Å². The third kappa shape index (κ3) is 8.09. The summed E-state index contributed by atoms with van der Waals surface area (Å²) >= 11 is 0. The topological polar surface area (TPSA) is 192 Å². The Morgan fingerprint density at radius 2 is 1.77 bits per heavy atom. The minimum absolute atomic E-state index is 0.00126. The molecular weight excluding hydrogens is 378 g/mol. The molecule has 1 rings (SSSR count). The number of nitrogens with one attached hydrogen (secondary N) is 1. The van der Waals surface area contributed by atoms with Crippen LogP contribution in [-0.4, -0.2) is 102 Å². The monoisotopic (exact) mass is 403 g/mol. The molecule has 0 aromatic heterocycles. The van der Waals surface area contributed by atoms with Gasteiger partial charge in [-0.2, -0.15) is 8.42 Å². The maximum absolute atomic E-state index is 11.3. The second-order valence-electron chi connectivity index (χ2n) is 5.62. The van der Waals surface area contributed by atoms with E-state index >= 15 is 0 Å². The van der Waals surface area contributed by atoms with Gasteiger partial charge in [0.1, 0.15) is 24.4 Å². The molecule has 1 heterocycles. The van der Waals surface area contributed by atoms with E-state index in [-0.39, 0.29) is 32.6 Å². The number of hydrogen-bond acceptors (Lipinski definition) is 10. The molecule has 6 N–H and O–H groups in total. The van der Waals surface area contributed by atoms with Crippen molar-refractivity contribution in [2.45, 2.75) is 43.5 Å². The van der Waals surface area contributed by atoms with Gasteiger partial charge in [0, 0.05) is 13.0 Å². The zero-order valence-electron chi connectivity index (χ0n) is 13.9. The van der Waals surface area contributed by atoms with E-state index in [0.717, 1.165) is 0 Å². The molecule has 1 amide bonds. The van der Waals surface area contributed by atoms with Crippen LogP contribution in [0.1, 0.15) is 12.8 Å². The number of aliphatic hydroxyl groups is 4. The van der Waals surface area contributed by atoms with Gasteiger partial charge in [0.25, 0.3) is 10.1 Å². The summed E-state index contributed by atoms with van der Waals surface area (Å²) in [5.74, 6) is -0.472. The Kier molecular flexibility index (Phi) is 9.67. The van der Waals surface area contributed by atoms with Crippen molar-refractivity contribution in [2.24, 2.45) is 0 Å². The number of carbonyl (C=O) groups is 1. The Balaban J connectivity index is 2.15. The molecule has 0 spiro atoms. The minimum Gasteiger partial charge on any atom is -0.449 e. The lowest BCUT2D eigenvalue weighted by Gasteiger charge is -2.39. The van der Waals surface area contributed by atoms with E-state index < -0.39 is 59.3 Å². The maximum atomic E-state index is 11.3. The molecule has 1 fully saturated rings. The Morgan fingerprint density at radius 3 is 2.38 bits per heavy atom. The number of hydrogen-bond donors (Lipinski definition) is 6. The first-order chi connectivity index (χ1) is 12.2. The van der Waals surface area contributed by atoms with Gasteiger partial charge in [-0.05, 0) is 6.42 Å². The standard InChI is InChI=1S/C13H25NO11S/c15-7-8-9(16)10(17)11(18)12(25-8)23-4-2-5-24-13(19)14-3-1-6-26(20,21)22/h8-12,15-18H,1-7H2,(H,14,19)(H,20,21,22)/t8?,9-,10+,11-,12-/m1/s1. The largest absolute Gasteiger partial charge is 0.449 e. The molecule has 26 heavy (non-hydrogen) atoms. The number of ether oxygens (including phenoxy) is 3. The van der Waals surface area contributed by atoms with E-state index in [0.29, 0.717) is 0 Å². The molecule has 1 aliphatic rings. The Hall–Kier alpha value is -1.06. The molecule has 0 bridgehead atoms. The van der Waals surface area contributed by atoms with Crippen LogP contribution in [0.25, 0.3) is 0 Å². The van der Waals surface area contributed by atoms with E-state index in [1.165, 1.54) is 0 Å². The number of aliphatic hydroxyl groups excluding tert-OH is 4. The van der Waals surface area contributed by atoms with Crippen LogP contribution in [0, 0.1) is 0 Å². The van der Waals surface area contributed by atoms with Gasteiger partial charge in [-0.1, -0.05) is 0 Å². The number of alkyl carbamates (subject to hydrolysis) is 1. The average Bonchev–Trinajstić information content (AvgIpc) is 2.57. The van der Waals surface area contributed by atoms with Gasteiger partial charge < -0.3 is 40.0 Å². The van der Waals surface area contributed by atoms with E-state index in [4.69, 9.17) is 23.9 Å². The highest BCUT2D eigenvalue weighted by atomic mass is 32.2. The van der Waals surface area contributed by atoms with Crippen molar-refractivity contribution in [3.63, 3.8) is 0 Å². The zero-order valence-corrected chi connectivity index (χ0v) is 14.7. The van der Waals surface area contributed by atoms with Crippen molar-refractivity contribution >= 4 is 16.2 Å². The molecule has 154 valence electrons. The summed E-state index contributed by atoms with van der Waals surface area (Å²) in [5.41, 5.74) is 0. The SMILES string of the molecule is O=C(NCCCS(=O)(=O)O)OCCCO[C@@H]1OC(CO)[C@@H](O)[C@H](O)[C@H]1O. The first-order valence-electron chi connectivity index (χ1n) is 7.93. The summed E-state index contributed by atoms with van der Waals surface area (Å²) in [6.07, 6.45) is -7.32. The summed E-state index contributed by atoms with van der Waals surface area (Å²) in [6.45, 7) is -0.591. The average molecular weight is 403 g/mol. The van der Waals surface area contributed by atoms with Crippen LogP contribution < -0.4 is 5.32 Å². The fourth-order valence-electron chi connectivity index (χ4n) is 2.12. The van der Waals surface area contributed by atoms with E-state index in [2.05, 4.69) is 5.32 Å². The van der Waals surface area contributed by atoms with Crippen LogP contribution in [0.3, 0.4) is 0 Å². The lowest BCUT2D eigenvalue weighted by atomic mass is 9.99. The van der Waals surface area contributed by atoms with Gasteiger partial charge in [-0.25, -0.2) is 4.79 Å². The van der Waals surface area contributed by atoms with Crippen LogP contribution in [0.4, 0.5) is 4.79 Å². The predicted octanol–water partition coefficient (Wildman–Crippen LogP) is -2.80. The first-order valence-corrected chi connectivity index (χ1v) is 9.54. The Morgan fingerprint density at radius 1 is 1.08 bits per heavy atom. The van der Waals surface area contributed by atoms with Crippen LogP contribution in [0.2, 0.25) is 0 Å². The van der Waals surface area contributed by atoms with E-state index in [9.17, 15) is 28.5 Å². The summed E-state index contributed by atoms with van der Waals surface area (Å²) in [7, 11) is -4.07. The highest BCUT2D eigenvalue weighted by Gasteiger charge is 2.43. The normalized spacial score (nSPS) is 29.3. The minimum atomic E-state index is -4.07. The molecule has 1 unspecified atom stereocenters. The van der Waals surface area contributed by atoms with Crippen LogP contribution in [0.5, 0.6) is 0 Å². The Bertz CT molecular complexity index is 526. The summed E-state index contributed by atoms with van der Waals surface area (Å²) in [5, 5.41) is 40.3. The number of rotatable bonds is 10. The van der Waals surface area contributed by atoms with Gasteiger partial charge >= 0.3 is 6.09 Å².